The summed E-state index contributed by atoms with van der Waals surface area (Å²) in [7, 11) is 0. The second kappa shape index (κ2) is 6.44. The molecule has 1 heterocycles. The maximum absolute atomic E-state index is 11.5. The molecule has 92 valence electrons. The van der Waals surface area contributed by atoms with Gasteiger partial charge in [-0.2, -0.15) is 0 Å². The van der Waals surface area contributed by atoms with Gasteiger partial charge in [0, 0.05) is 6.54 Å². The lowest BCUT2D eigenvalue weighted by atomic mass is 10.1. The summed E-state index contributed by atoms with van der Waals surface area (Å²) in [5, 5.41) is 11.0. The Morgan fingerprint density at radius 2 is 2.31 bits per heavy atom. The van der Waals surface area contributed by atoms with E-state index in [0.29, 0.717) is 13.2 Å². The standard InChI is InChI=1S/C10H17NO5/c1-7-4-8(5-16-7)10(14)11-2-3-15-6-9(12)13/h7-8H,2-6H2,1H3,(H,11,14)(H,12,13). The first-order valence-electron chi connectivity index (χ1n) is 5.28. The van der Waals surface area contributed by atoms with E-state index < -0.39 is 5.97 Å². The van der Waals surface area contributed by atoms with Gasteiger partial charge >= 0.3 is 5.97 Å². The number of carboxylic acid groups (broad SMARTS) is 1. The van der Waals surface area contributed by atoms with Gasteiger partial charge in [-0.05, 0) is 13.3 Å². The van der Waals surface area contributed by atoms with Crippen LogP contribution in [0.15, 0.2) is 0 Å². The number of carbonyl (C=O) groups excluding carboxylic acids is 1. The summed E-state index contributed by atoms with van der Waals surface area (Å²) >= 11 is 0. The first-order valence-corrected chi connectivity index (χ1v) is 5.28. The van der Waals surface area contributed by atoms with Gasteiger partial charge in [-0.15, -0.1) is 0 Å². The Bertz CT molecular complexity index is 256. The number of nitrogens with one attached hydrogen (secondary N) is 1. The summed E-state index contributed by atoms with van der Waals surface area (Å²) in [6, 6.07) is 0. The zero-order valence-electron chi connectivity index (χ0n) is 9.27. The van der Waals surface area contributed by atoms with Crippen molar-refractivity contribution in [1.82, 2.24) is 5.32 Å². The van der Waals surface area contributed by atoms with E-state index >= 15 is 0 Å². The largest absolute Gasteiger partial charge is 0.480 e. The average Bonchev–Trinajstić information content (AvgIpc) is 2.63. The summed E-state index contributed by atoms with van der Waals surface area (Å²) in [6.07, 6.45) is 0.876. The lowest BCUT2D eigenvalue weighted by molar-refractivity contribution is -0.142. The molecule has 0 saturated carbocycles. The Hall–Kier alpha value is -1.14. The monoisotopic (exact) mass is 231 g/mol. The van der Waals surface area contributed by atoms with Crippen LogP contribution >= 0.6 is 0 Å². The molecule has 0 aliphatic carbocycles. The van der Waals surface area contributed by atoms with Crippen LogP contribution in [0.5, 0.6) is 0 Å². The van der Waals surface area contributed by atoms with E-state index in [1.807, 2.05) is 6.92 Å². The number of hydrogen-bond donors (Lipinski definition) is 2. The molecule has 0 aromatic carbocycles. The van der Waals surface area contributed by atoms with Crippen LogP contribution in [0, 0.1) is 5.92 Å². The molecule has 2 atom stereocenters. The van der Waals surface area contributed by atoms with Crippen LogP contribution in [0.4, 0.5) is 0 Å². The van der Waals surface area contributed by atoms with Crippen LogP contribution in [0.2, 0.25) is 0 Å². The normalized spacial score (nSPS) is 24.3. The Balaban J connectivity index is 2.04. The van der Waals surface area contributed by atoms with E-state index in [4.69, 9.17) is 14.6 Å². The van der Waals surface area contributed by atoms with Gasteiger partial charge in [-0.1, -0.05) is 0 Å². The highest BCUT2D eigenvalue weighted by atomic mass is 16.5. The van der Waals surface area contributed by atoms with Crippen molar-refractivity contribution in [3.63, 3.8) is 0 Å². The molecule has 6 nitrogen and oxygen atoms in total. The highest BCUT2D eigenvalue weighted by Gasteiger charge is 2.27. The summed E-state index contributed by atoms with van der Waals surface area (Å²) < 4.78 is 10.1. The molecule has 1 fully saturated rings. The van der Waals surface area contributed by atoms with Gasteiger partial charge in [0.25, 0.3) is 0 Å². The predicted octanol–water partition coefficient (Wildman–Crippen LogP) is -0.371. The van der Waals surface area contributed by atoms with Crippen molar-refractivity contribution in [2.45, 2.75) is 19.4 Å². The number of carbonyl (C=O) groups is 2. The minimum atomic E-state index is -1.01. The Labute approximate surface area is 93.9 Å². The van der Waals surface area contributed by atoms with Crippen molar-refractivity contribution in [2.75, 3.05) is 26.4 Å². The van der Waals surface area contributed by atoms with Gasteiger partial charge in [-0.25, -0.2) is 4.79 Å². The van der Waals surface area contributed by atoms with Crippen molar-refractivity contribution >= 4 is 11.9 Å². The third-order valence-electron chi connectivity index (χ3n) is 2.34. The summed E-state index contributed by atoms with van der Waals surface area (Å²) in [4.78, 5) is 21.6. The fraction of sp³-hybridized carbons (Fsp3) is 0.800. The Kier molecular flexibility index (Phi) is 5.21. The van der Waals surface area contributed by atoms with E-state index in [0.717, 1.165) is 6.42 Å². The maximum Gasteiger partial charge on any atom is 0.329 e. The topological polar surface area (TPSA) is 84.9 Å². The van der Waals surface area contributed by atoms with Gasteiger partial charge in [0.15, 0.2) is 0 Å². The zero-order chi connectivity index (χ0) is 12.0. The number of amides is 1. The van der Waals surface area contributed by atoms with E-state index in [1.165, 1.54) is 0 Å². The van der Waals surface area contributed by atoms with Gasteiger partial charge in [0.2, 0.25) is 5.91 Å². The van der Waals surface area contributed by atoms with Crippen LogP contribution in [0.3, 0.4) is 0 Å². The summed E-state index contributed by atoms with van der Waals surface area (Å²) in [5.74, 6) is -1.15. The molecule has 0 bridgehead atoms. The van der Waals surface area contributed by atoms with E-state index in [2.05, 4.69) is 5.32 Å². The molecule has 6 heteroatoms. The molecular formula is C10H17NO5. The minimum Gasteiger partial charge on any atom is -0.480 e. The second-order valence-corrected chi connectivity index (χ2v) is 3.81. The molecular weight excluding hydrogens is 214 g/mol. The molecule has 0 radical (unpaired) electrons. The number of carboxylic acids is 1. The number of ether oxygens (including phenoxy) is 2. The molecule has 1 saturated heterocycles. The zero-order valence-corrected chi connectivity index (χ0v) is 9.27. The smallest absolute Gasteiger partial charge is 0.329 e. The van der Waals surface area contributed by atoms with Crippen molar-refractivity contribution < 1.29 is 24.2 Å². The van der Waals surface area contributed by atoms with Crippen LogP contribution in [-0.4, -0.2) is 49.5 Å². The predicted molar refractivity (Wildman–Crippen MR) is 55.0 cm³/mol. The van der Waals surface area contributed by atoms with Crippen molar-refractivity contribution in [3.8, 4) is 0 Å². The van der Waals surface area contributed by atoms with Crippen LogP contribution in [0.1, 0.15) is 13.3 Å². The van der Waals surface area contributed by atoms with Crippen LogP contribution in [0.25, 0.3) is 0 Å². The van der Waals surface area contributed by atoms with E-state index in [1.54, 1.807) is 0 Å². The summed E-state index contributed by atoms with van der Waals surface area (Å²) in [6.45, 7) is 2.60. The third-order valence-corrected chi connectivity index (χ3v) is 2.34. The van der Waals surface area contributed by atoms with Gasteiger partial charge in [0.1, 0.15) is 6.61 Å². The molecule has 1 aliphatic rings. The fourth-order valence-corrected chi connectivity index (χ4v) is 1.55. The van der Waals surface area contributed by atoms with Gasteiger partial charge in [0.05, 0.1) is 25.2 Å². The Morgan fingerprint density at radius 1 is 1.56 bits per heavy atom. The van der Waals surface area contributed by atoms with Gasteiger partial charge in [-0.3, -0.25) is 4.79 Å². The molecule has 0 spiro atoms. The number of aliphatic carboxylic acids is 1. The molecule has 2 N–H and O–H groups in total. The highest BCUT2D eigenvalue weighted by Crippen LogP contribution is 2.18. The summed E-state index contributed by atoms with van der Waals surface area (Å²) in [5.41, 5.74) is 0. The SMILES string of the molecule is CC1CC(C(=O)NCCOCC(=O)O)CO1. The molecule has 0 aromatic heterocycles. The first-order chi connectivity index (χ1) is 7.59. The average molecular weight is 231 g/mol. The Morgan fingerprint density at radius 3 is 2.88 bits per heavy atom. The molecule has 16 heavy (non-hydrogen) atoms. The van der Waals surface area contributed by atoms with Crippen LogP contribution in [-0.2, 0) is 19.1 Å². The number of hydrogen-bond acceptors (Lipinski definition) is 4. The third kappa shape index (κ3) is 4.59. The fourth-order valence-electron chi connectivity index (χ4n) is 1.55. The first kappa shape index (κ1) is 12.9. The second-order valence-electron chi connectivity index (χ2n) is 3.81. The quantitative estimate of drug-likeness (QED) is 0.609. The highest BCUT2D eigenvalue weighted by molar-refractivity contribution is 5.79. The molecule has 1 amide bonds. The molecule has 0 aromatic rings. The van der Waals surface area contributed by atoms with Crippen molar-refractivity contribution in [1.29, 1.82) is 0 Å². The van der Waals surface area contributed by atoms with Crippen LogP contribution < -0.4 is 5.32 Å². The molecule has 1 aliphatic heterocycles. The number of rotatable bonds is 6. The minimum absolute atomic E-state index is 0.0525. The van der Waals surface area contributed by atoms with Crippen molar-refractivity contribution in [2.24, 2.45) is 5.92 Å². The van der Waals surface area contributed by atoms with Gasteiger partial charge < -0.3 is 19.9 Å². The maximum atomic E-state index is 11.5. The lowest BCUT2D eigenvalue weighted by Gasteiger charge is -2.09. The molecule has 1 rings (SSSR count). The van der Waals surface area contributed by atoms with Crippen molar-refractivity contribution in [3.05, 3.63) is 0 Å². The van der Waals surface area contributed by atoms with E-state index in [-0.39, 0.29) is 31.1 Å². The molecule has 2 unspecified atom stereocenters. The van der Waals surface area contributed by atoms with E-state index in [9.17, 15) is 9.59 Å². The lowest BCUT2D eigenvalue weighted by Crippen LogP contribution is -2.33.